The number of aliphatic hydroxyl groups excluding tert-OH is 3. The number of hydrogen-bond acceptors (Lipinski definition) is 4. The van der Waals surface area contributed by atoms with Gasteiger partial charge in [-0.15, -0.1) is 0 Å². The average Bonchev–Trinajstić information content (AvgIpc) is 2.69. The molecule has 0 aromatic rings. The fraction of sp³-hybridized carbons (Fsp3) is 0.867. The first-order valence-corrected chi connectivity index (χ1v) is 7.60. The SMILES string of the molecule is CCCCCC(O)C=C[C@@H]1[C@@H](O)C[C@@]2(F)OC(O)C[C@@]12F. The Morgan fingerprint density at radius 2 is 2.00 bits per heavy atom. The number of halogens is 2. The molecular formula is C15H24F2O4. The van der Waals surface area contributed by atoms with Gasteiger partial charge in [0.1, 0.15) is 0 Å². The summed E-state index contributed by atoms with van der Waals surface area (Å²) in [4.78, 5) is 0. The van der Waals surface area contributed by atoms with E-state index in [1.165, 1.54) is 12.2 Å². The van der Waals surface area contributed by atoms with E-state index in [0.717, 1.165) is 19.3 Å². The van der Waals surface area contributed by atoms with Crippen molar-refractivity contribution >= 4 is 0 Å². The lowest BCUT2D eigenvalue weighted by molar-refractivity contribution is -0.218. The minimum Gasteiger partial charge on any atom is -0.392 e. The quantitative estimate of drug-likeness (QED) is 0.518. The van der Waals surface area contributed by atoms with Crippen molar-refractivity contribution in [1.82, 2.24) is 0 Å². The second-order valence-electron chi connectivity index (χ2n) is 6.11. The number of rotatable bonds is 6. The first-order valence-electron chi connectivity index (χ1n) is 7.60. The van der Waals surface area contributed by atoms with Crippen LogP contribution in [0.4, 0.5) is 8.78 Å². The smallest absolute Gasteiger partial charge is 0.249 e. The van der Waals surface area contributed by atoms with Gasteiger partial charge in [-0.25, -0.2) is 8.78 Å². The fourth-order valence-electron chi connectivity index (χ4n) is 3.29. The highest BCUT2D eigenvalue weighted by Crippen LogP contribution is 2.57. The monoisotopic (exact) mass is 306 g/mol. The van der Waals surface area contributed by atoms with Gasteiger partial charge in [0.25, 0.3) is 0 Å². The van der Waals surface area contributed by atoms with E-state index in [2.05, 4.69) is 11.7 Å². The molecule has 0 spiro atoms. The van der Waals surface area contributed by atoms with Crippen molar-refractivity contribution in [3.05, 3.63) is 12.2 Å². The summed E-state index contributed by atoms with van der Waals surface area (Å²) in [5, 5.41) is 29.0. The summed E-state index contributed by atoms with van der Waals surface area (Å²) in [5.74, 6) is -3.78. The summed E-state index contributed by atoms with van der Waals surface area (Å²) in [7, 11) is 0. The van der Waals surface area contributed by atoms with E-state index in [-0.39, 0.29) is 0 Å². The normalized spacial score (nSPS) is 44.4. The molecule has 0 bridgehead atoms. The van der Waals surface area contributed by atoms with Crippen molar-refractivity contribution in [3.63, 3.8) is 0 Å². The Morgan fingerprint density at radius 1 is 1.29 bits per heavy atom. The van der Waals surface area contributed by atoms with Gasteiger partial charge >= 0.3 is 0 Å². The molecule has 21 heavy (non-hydrogen) atoms. The minimum atomic E-state index is -2.66. The van der Waals surface area contributed by atoms with Crippen molar-refractivity contribution in [2.24, 2.45) is 5.92 Å². The first kappa shape index (κ1) is 16.8. The number of hydrogen-bond donors (Lipinski definition) is 3. The molecule has 0 aromatic carbocycles. The molecule has 0 radical (unpaired) electrons. The minimum absolute atomic E-state index is 0.512. The molecule has 2 aliphatic rings. The van der Waals surface area contributed by atoms with Crippen LogP contribution in [0, 0.1) is 5.92 Å². The number of unbranched alkanes of at least 4 members (excludes halogenated alkanes) is 2. The van der Waals surface area contributed by atoms with Crippen LogP contribution in [-0.4, -0.2) is 45.3 Å². The Labute approximate surface area is 123 Å². The van der Waals surface area contributed by atoms with Gasteiger partial charge in [0.2, 0.25) is 5.85 Å². The molecule has 1 saturated heterocycles. The lowest BCUT2D eigenvalue weighted by Crippen LogP contribution is -2.42. The van der Waals surface area contributed by atoms with Gasteiger partial charge in [-0.3, -0.25) is 0 Å². The van der Waals surface area contributed by atoms with Crippen LogP contribution in [0.25, 0.3) is 0 Å². The van der Waals surface area contributed by atoms with Gasteiger partial charge in [-0.2, -0.15) is 0 Å². The molecule has 1 aliphatic heterocycles. The highest BCUT2D eigenvalue weighted by atomic mass is 19.2. The number of ether oxygens (including phenoxy) is 1. The standard InChI is InChI=1S/C15H24F2O4/c1-2-3-4-5-10(18)6-7-11-12(19)8-15(17)14(11,16)9-13(20)21-15/h6-7,10-13,18-20H,2-5,8-9H2,1H3/t10?,11-,12+,13?,14-,15-/m1/s1. The van der Waals surface area contributed by atoms with Crippen molar-refractivity contribution in [1.29, 1.82) is 0 Å². The zero-order valence-electron chi connectivity index (χ0n) is 12.2. The fourth-order valence-corrected chi connectivity index (χ4v) is 3.29. The Bertz CT molecular complexity index is 392. The van der Waals surface area contributed by atoms with E-state index in [1.54, 1.807) is 0 Å². The maximum atomic E-state index is 14.9. The summed E-state index contributed by atoms with van der Waals surface area (Å²) < 4.78 is 33.9. The van der Waals surface area contributed by atoms with E-state index >= 15 is 0 Å². The Hall–Kier alpha value is -0.560. The molecule has 2 fully saturated rings. The third-order valence-corrected chi connectivity index (χ3v) is 4.47. The molecule has 2 unspecified atom stereocenters. The van der Waals surface area contributed by atoms with E-state index < -0.39 is 48.8 Å². The van der Waals surface area contributed by atoms with Gasteiger partial charge in [0.15, 0.2) is 12.0 Å². The molecule has 1 aliphatic carbocycles. The molecule has 0 amide bonds. The third kappa shape index (κ3) is 3.13. The number of aliphatic hydroxyl groups is 3. The molecule has 122 valence electrons. The molecule has 2 rings (SSSR count). The zero-order valence-corrected chi connectivity index (χ0v) is 12.2. The highest BCUT2D eigenvalue weighted by Gasteiger charge is 2.71. The average molecular weight is 306 g/mol. The number of fused-ring (bicyclic) bond motifs is 1. The third-order valence-electron chi connectivity index (χ3n) is 4.47. The Kier molecular flexibility index (Phi) is 5.03. The van der Waals surface area contributed by atoms with Crippen molar-refractivity contribution in [3.8, 4) is 0 Å². The predicted molar refractivity (Wildman–Crippen MR) is 72.8 cm³/mol. The van der Waals surface area contributed by atoms with E-state index in [4.69, 9.17) is 0 Å². The van der Waals surface area contributed by atoms with Crippen LogP contribution in [-0.2, 0) is 4.74 Å². The molecule has 1 heterocycles. The molecule has 1 saturated carbocycles. The Balaban J connectivity index is 2.02. The van der Waals surface area contributed by atoms with Crippen LogP contribution in [0.1, 0.15) is 45.4 Å². The molecule has 3 N–H and O–H groups in total. The highest BCUT2D eigenvalue weighted by molar-refractivity contribution is 5.19. The Morgan fingerprint density at radius 3 is 2.67 bits per heavy atom. The topological polar surface area (TPSA) is 69.9 Å². The lowest BCUT2D eigenvalue weighted by Gasteiger charge is -2.27. The summed E-state index contributed by atoms with van der Waals surface area (Å²) in [6.07, 6.45) is 1.66. The molecular weight excluding hydrogens is 282 g/mol. The maximum Gasteiger partial charge on any atom is 0.249 e. The number of alkyl halides is 2. The van der Waals surface area contributed by atoms with Crippen LogP contribution in [0.2, 0.25) is 0 Å². The van der Waals surface area contributed by atoms with Crippen LogP contribution >= 0.6 is 0 Å². The zero-order chi connectivity index (χ0) is 15.7. The van der Waals surface area contributed by atoms with Crippen molar-refractivity contribution in [2.75, 3.05) is 0 Å². The summed E-state index contributed by atoms with van der Waals surface area (Å²) in [5.41, 5.74) is -2.45. The summed E-state index contributed by atoms with van der Waals surface area (Å²) >= 11 is 0. The molecule has 6 heteroatoms. The molecule has 4 nitrogen and oxygen atoms in total. The largest absolute Gasteiger partial charge is 0.392 e. The molecule has 0 aromatic heterocycles. The van der Waals surface area contributed by atoms with Crippen molar-refractivity contribution in [2.45, 2.75) is 75.5 Å². The second-order valence-corrected chi connectivity index (χ2v) is 6.11. The summed E-state index contributed by atoms with van der Waals surface area (Å²) in [6.45, 7) is 2.05. The van der Waals surface area contributed by atoms with E-state index in [1.807, 2.05) is 0 Å². The van der Waals surface area contributed by atoms with Gasteiger partial charge in [-0.1, -0.05) is 38.3 Å². The first-order chi connectivity index (χ1) is 9.82. The van der Waals surface area contributed by atoms with E-state index in [0.29, 0.717) is 6.42 Å². The van der Waals surface area contributed by atoms with E-state index in [9.17, 15) is 24.1 Å². The van der Waals surface area contributed by atoms with Crippen LogP contribution < -0.4 is 0 Å². The molecule has 6 atom stereocenters. The van der Waals surface area contributed by atoms with Crippen LogP contribution in [0.5, 0.6) is 0 Å². The van der Waals surface area contributed by atoms with Gasteiger partial charge in [0, 0.05) is 18.8 Å². The van der Waals surface area contributed by atoms with Crippen molar-refractivity contribution < 1.29 is 28.8 Å². The summed E-state index contributed by atoms with van der Waals surface area (Å²) in [6, 6.07) is 0. The van der Waals surface area contributed by atoms with Gasteiger partial charge in [-0.05, 0) is 6.42 Å². The van der Waals surface area contributed by atoms with Gasteiger partial charge < -0.3 is 20.1 Å². The predicted octanol–water partition coefficient (Wildman–Crippen LogP) is 1.98. The van der Waals surface area contributed by atoms with Gasteiger partial charge in [0.05, 0.1) is 12.2 Å². The van der Waals surface area contributed by atoms with Crippen LogP contribution in [0.3, 0.4) is 0 Å². The maximum absolute atomic E-state index is 14.9. The lowest BCUT2D eigenvalue weighted by atomic mass is 9.87. The van der Waals surface area contributed by atoms with Crippen LogP contribution in [0.15, 0.2) is 12.2 Å². The second kappa shape index (κ2) is 6.28.